The normalized spacial score (nSPS) is 14.0. The first-order chi connectivity index (χ1) is 11.2. The fraction of sp³-hybridized carbons (Fsp3) is 0.294. The summed E-state index contributed by atoms with van der Waals surface area (Å²) in [5.41, 5.74) is 2.44. The van der Waals surface area contributed by atoms with Crippen LogP contribution in [-0.2, 0) is 12.8 Å². The number of benzene rings is 1. The van der Waals surface area contributed by atoms with Crippen LogP contribution in [0.4, 0.5) is 11.5 Å². The number of hydrogen-bond acceptors (Lipinski definition) is 5. The summed E-state index contributed by atoms with van der Waals surface area (Å²) < 4.78 is 0. The predicted molar refractivity (Wildman–Crippen MR) is 101 cm³/mol. The summed E-state index contributed by atoms with van der Waals surface area (Å²) in [7, 11) is 0. The van der Waals surface area contributed by atoms with Crippen molar-refractivity contribution in [1.82, 2.24) is 9.97 Å². The Hall–Kier alpha value is -1.30. The van der Waals surface area contributed by atoms with E-state index in [4.69, 9.17) is 21.6 Å². The molecule has 0 unspecified atom stereocenters. The van der Waals surface area contributed by atoms with Gasteiger partial charge in [-0.15, -0.1) is 11.3 Å². The third-order valence-corrected chi connectivity index (χ3v) is 6.07. The fourth-order valence-electron chi connectivity index (χ4n) is 2.99. The van der Waals surface area contributed by atoms with Crippen LogP contribution in [0.2, 0.25) is 5.02 Å². The highest BCUT2D eigenvalue weighted by Gasteiger charge is 2.21. The molecule has 23 heavy (non-hydrogen) atoms. The van der Waals surface area contributed by atoms with Gasteiger partial charge in [-0.3, -0.25) is 0 Å². The number of aromatic nitrogens is 2. The van der Waals surface area contributed by atoms with Gasteiger partial charge in [-0.2, -0.15) is 0 Å². The van der Waals surface area contributed by atoms with Gasteiger partial charge < -0.3 is 5.32 Å². The summed E-state index contributed by atoms with van der Waals surface area (Å²) in [5.74, 6) is 0.918. The molecule has 0 spiro atoms. The number of halogens is 1. The van der Waals surface area contributed by atoms with E-state index in [1.807, 2.05) is 41.9 Å². The number of aryl methyl sites for hydroxylation is 2. The second-order valence-electron chi connectivity index (χ2n) is 5.58. The van der Waals surface area contributed by atoms with Gasteiger partial charge in [0, 0.05) is 15.6 Å². The number of nitrogens with one attached hydrogen (secondary N) is 1. The molecule has 3 aromatic rings. The SMILES string of the molecule is CSc1nc(Nc2ccc(Cl)cc2)c2c3c(sc2n1)CCCC3. The van der Waals surface area contributed by atoms with Crippen LogP contribution in [-0.4, -0.2) is 16.2 Å². The lowest BCUT2D eigenvalue weighted by Crippen LogP contribution is -2.01. The largest absolute Gasteiger partial charge is 0.340 e. The average Bonchev–Trinajstić information content (AvgIpc) is 2.95. The van der Waals surface area contributed by atoms with Gasteiger partial charge in [0.15, 0.2) is 5.16 Å². The lowest BCUT2D eigenvalue weighted by atomic mass is 9.97. The Morgan fingerprint density at radius 1 is 1.13 bits per heavy atom. The summed E-state index contributed by atoms with van der Waals surface area (Å²) >= 11 is 9.39. The lowest BCUT2D eigenvalue weighted by Gasteiger charge is -2.13. The molecule has 0 saturated heterocycles. The molecular formula is C17H16ClN3S2. The summed E-state index contributed by atoms with van der Waals surface area (Å²) in [6.07, 6.45) is 6.85. The van der Waals surface area contributed by atoms with Gasteiger partial charge in [-0.1, -0.05) is 23.4 Å². The predicted octanol–water partition coefficient (Wildman–Crippen LogP) is 5.69. The van der Waals surface area contributed by atoms with Crippen molar-refractivity contribution in [2.75, 3.05) is 11.6 Å². The zero-order valence-electron chi connectivity index (χ0n) is 12.7. The summed E-state index contributed by atoms with van der Waals surface area (Å²) in [6.45, 7) is 0. The van der Waals surface area contributed by atoms with Crippen molar-refractivity contribution in [3.8, 4) is 0 Å². The third kappa shape index (κ3) is 2.93. The molecule has 2 heterocycles. The Morgan fingerprint density at radius 3 is 2.70 bits per heavy atom. The van der Waals surface area contributed by atoms with E-state index in [-0.39, 0.29) is 0 Å². The van der Waals surface area contributed by atoms with Gasteiger partial charge in [0.2, 0.25) is 0 Å². The molecule has 2 aromatic heterocycles. The van der Waals surface area contributed by atoms with E-state index in [9.17, 15) is 0 Å². The fourth-order valence-corrected chi connectivity index (χ4v) is 4.80. The summed E-state index contributed by atoms with van der Waals surface area (Å²) in [6, 6.07) is 7.74. The number of nitrogens with zero attached hydrogens (tertiary/aromatic N) is 2. The average molecular weight is 362 g/mol. The van der Waals surface area contributed by atoms with Crippen LogP contribution in [0, 0.1) is 0 Å². The maximum Gasteiger partial charge on any atom is 0.190 e. The number of thioether (sulfide) groups is 1. The molecule has 0 saturated carbocycles. The minimum atomic E-state index is 0.737. The van der Waals surface area contributed by atoms with Crippen molar-refractivity contribution in [2.45, 2.75) is 30.8 Å². The molecule has 1 aliphatic rings. The smallest absolute Gasteiger partial charge is 0.190 e. The van der Waals surface area contributed by atoms with E-state index in [1.54, 1.807) is 11.8 Å². The first kappa shape index (κ1) is 15.2. The van der Waals surface area contributed by atoms with Crippen LogP contribution >= 0.6 is 34.7 Å². The molecule has 1 N–H and O–H groups in total. The van der Waals surface area contributed by atoms with E-state index < -0.39 is 0 Å². The van der Waals surface area contributed by atoms with Gasteiger partial charge in [-0.25, -0.2) is 9.97 Å². The number of fused-ring (bicyclic) bond motifs is 3. The molecule has 1 aromatic carbocycles. The first-order valence-corrected chi connectivity index (χ1v) is 10.1. The van der Waals surface area contributed by atoms with E-state index in [0.717, 1.165) is 32.9 Å². The van der Waals surface area contributed by atoms with Gasteiger partial charge in [0.05, 0.1) is 5.39 Å². The highest BCUT2D eigenvalue weighted by Crippen LogP contribution is 2.40. The van der Waals surface area contributed by atoms with Crippen molar-refractivity contribution >= 4 is 56.4 Å². The van der Waals surface area contributed by atoms with Crippen LogP contribution in [0.3, 0.4) is 0 Å². The molecule has 118 valence electrons. The van der Waals surface area contributed by atoms with Gasteiger partial charge in [0.25, 0.3) is 0 Å². The molecule has 4 rings (SSSR count). The van der Waals surface area contributed by atoms with E-state index in [2.05, 4.69) is 5.32 Å². The number of anilines is 2. The zero-order chi connectivity index (χ0) is 15.8. The lowest BCUT2D eigenvalue weighted by molar-refractivity contribution is 0.700. The second-order valence-corrected chi connectivity index (χ2v) is 7.88. The van der Waals surface area contributed by atoms with Crippen molar-refractivity contribution in [1.29, 1.82) is 0 Å². The minimum Gasteiger partial charge on any atom is -0.340 e. The van der Waals surface area contributed by atoms with E-state index >= 15 is 0 Å². The second kappa shape index (κ2) is 6.30. The van der Waals surface area contributed by atoms with Crippen LogP contribution in [0.15, 0.2) is 29.4 Å². The zero-order valence-corrected chi connectivity index (χ0v) is 15.1. The maximum atomic E-state index is 5.98. The molecule has 0 radical (unpaired) electrons. The molecule has 6 heteroatoms. The summed E-state index contributed by atoms with van der Waals surface area (Å²) in [5, 5.41) is 6.22. The summed E-state index contributed by atoms with van der Waals surface area (Å²) in [4.78, 5) is 12.0. The van der Waals surface area contributed by atoms with E-state index in [1.165, 1.54) is 35.1 Å². The highest BCUT2D eigenvalue weighted by atomic mass is 35.5. The van der Waals surface area contributed by atoms with E-state index in [0.29, 0.717) is 0 Å². The Balaban J connectivity index is 1.85. The third-order valence-electron chi connectivity index (χ3n) is 4.08. The van der Waals surface area contributed by atoms with Crippen LogP contribution in [0.25, 0.3) is 10.2 Å². The van der Waals surface area contributed by atoms with Crippen molar-refractivity contribution in [3.05, 3.63) is 39.7 Å². The molecule has 3 nitrogen and oxygen atoms in total. The molecule has 0 bridgehead atoms. The molecule has 0 fully saturated rings. The molecule has 0 amide bonds. The van der Waals surface area contributed by atoms with Crippen molar-refractivity contribution in [3.63, 3.8) is 0 Å². The molecular weight excluding hydrogens is 346 g/mol. The molecule has 1 aliphatic carbocycles. The van der Waals surface area contributed by atoms with Gasteiger partial charge in [0.1, 0.15) is 10.6 Å². The van der Waals surface area contributed by atoms with Crippen molar-refractivity contribution < 1.29 is 0 Å². The first-order valence-electron chi connectivity index (χ1n) is 7.63. The maximum absolute atomic E-state index is 5.98. The molecule has 0 aliphatic heterocycles. The van der Waals surface area contributed by atoms with Crippen LogP contribution in [0.1, 0.15) is 23.3 Å². The number of rotatable bonds is 3. The topological polar surface area (TPSA) is 37.8 Å². The Labute approximate surface area is 148 Å². The Bertz CT molecular complexity index is 858. The van der Waals surface area contributed by atoms with Crippen molar-refractivity contribution in [2.24, 2.45) is 0 Å². The quantitative estimate of drug-likeness (QED) is 0.480. The van der Waals surface area contributed by atoms with Gasteiger partial charge >= 0.3 is 0 Å². The highest BCUT2D eigenvalue weighted by molar-refractivity contribution is 7.98. The molecule has 0 atom stereocenters. The number of thiophene rings is 1. The van der Waals surface area contributed by atoms with Crippen LogP contribution in [0.5, 0.6) is 0 Å². The minimum absolute atomic E-state index is 0.737. The van der Waals surface area contributed by atoms with Gasteiger partial charge in [-0.05, 0) is 61.8 Å². The Kier molecular flexibility index (Phi) is 4.18. The van der Waals surface area contributed by atoms with Crippen LogP contribution < -0.4 is 5.32 Å². The standard InChI is InChI=1S/C17H16ClN3S2/c1-22-17-20-15(19-11-8-6-10(18)7-9-11)14-12-4-2-3-5-13(12)23-16(14)21-17/h6-9H,2-5H2,1H3,(H,19,20,21). The monoisotopic (exact) mass is 361 g/mol. The number of hydrogen-bond donors (Lipinski definition) is 1. The Morgan fingerprint density at radius 2 is 1.91 bits per heavy atom.